The van der Waals surface area contributed by atoms with Gasteiger partial charge in [-0.1, -0.05) is 101 Å². The third-order valence-electron chi connectivity index (χ3n) is 7.15. The van der Waals surface area contributed by atoms with Crippen LogP contribution in [0.3, 0.4) is 0 Å². The van der Waals surface area contributed by atoms with E-state index < -0.39 is 0 Å². The van der Waals surface area contributed by atoms with Crippen LogP contribution >= 0.6 is 0 Å². The van der Waals surface area contributed by atoms with Crippen LogP contribution in [0.5, 0.6) is 0 Å². The van der Waals surface area contributed by atoms with Crippen molar-refractivity contribution < 1.29 is 4.79 Å². The van der Waals surface area contributed by atoms with Gasteiger partial charge in [-0.25, -0.2) is 4.98 Å². The second kappa shape index (κ2) is 16.2. The number of carbonyl (C=O) groups excluding carboxylic acids is 1. The van der Waals surface area contributed by atoms with Crippen molar-refractivity contribution in [2.24, 2.45) is 0 Å². The lowest BCUT2D eigenvalue weighted by Crippen LogP contribution is -2.24. The molecule has 0 saturated carbocycles. The molecule has 1 N–H and O–H groups in total. The van der Waals surface area contributed by atoms with Gasteiger partial charge < -0.3 is 9.88 Å². The average Bonchev–Trinajstić information content (AvgIpc) is 3.24. The molecule has 3 aromatic rings. The predicted octanol–water partition coefficient (Wildman–Crippen LogP) is 8.41. The van der Waals surface area contributed by atoms with Crippen molar-refractivity contribution in [3.63, 3.8) is 0 Å². The van der Waals surface area contributed by atoms with Crippen LogP contribution in [0.4, 0.5) is 0 Å². The molecular weight excluding hydrogens is 442 g/mol. The third kappa shape index (κ3) is 9.44. The van der Waals surface area contributed by atoms with Crippen molar-refractivity contribution in [1.29, 1.82) is 0 Å². The first kappa shape index (κ1) is 28.0. The van der Waals surface area contributed by atoms with Crippen LogP contribution in [0.1, 0.15) is 112 Å². The highest BCUT2D eigenvalue weighted by Gasteiger charge is 2.10. The third-order valence-corrected chi connectivity index (χ3v) is 7.15. The Balaban J connectivity index is 1.36. The number of hydrogen-bond acceptors (Lipinski definition) is 2. The highest BCUT2D eigenvalue weighted by molar-refractivity contribution is 5.94. The Kier molecular flexibility index (Phi) is 12.6. The van der Waals surface area contributed by atoms with Gasteiger partial charge in [0.05, 0.1) is 11.0 Å². The highest BCUT2D eigenvalue weighted by Crippen LogP contribution is 2.19. The Labute approximate surface area is 218 Å². The summed E-state index contributed by atoms with van der Waals surface area (Å²) in [4.78, 5) is 17.2. The number of aryl methyl sites for hydroxylation is 3. The Morgan fingerprint density at radius 3 is 2.14 bits per heavy atom. The molecule has 1 heterocycles. The molecule has 0 bridgehead atoms. The van der Waals surface area contributed by atoms with Gasteiger partial charge in [-0.3, -0.25) is 4.79 Å². The number of para-hydroxylation sites is 2. The van der Waals surface area contributed by atoms with E-state index in [2.05, 4.69) is 41.1 Å². The first-order valence-corrected chi connectivity index (χ1v) is 14.5. The number of carbonyl (C=O) groups is 1. The van der Waals surface area contributed by atoms with Gasteiger partial charge in [-0.05, 0) is 50.5 Å². The minimum absolute atomic E-state index is 0.0216. The van der Waals surface area contributed by atoms with E-state index in [1.165, 1.54) is 81.1 Å². The van der Waals surface area contributed by atoms with Crippen molar-refractivity contribution in [2.75, 3.05) is 6.54 Å². The van der Waals surface area contributed by atoms with Gasteiger partial charge in [0.25, 0.3) is 5.91 Å². The number of nitrogens with one attached hydrogen (secondary N) is 1. The fourth-order valence-electron chi connectivity index (χ4n) is 4.92. The summed E-state index contributed by atoms with van der Waals surface area (Å²) in [7, 11) is 0. The lowest BCUT2D eigenvalue weighted by atomic mass is 10.1. The molecule has 0 aliphatic heterocycles. The van der Waals surface area contributed by atoms with Crippen LogP contribution in [0.25, 0.3) is 11.0 Å². The summed E-state index contributed by atoms with van der Waals surface area (Å²) in [6.45, 7) is 6.11. The number of benzene rings is 2. The fourth-order valence-corrected chi connectivity index (χ4v) is 4.92. The smallest absolute Gasteiger partial charge is 0.251 e. The van der Waals surface area contributed by atoms with Crippen LogP contribution in [0.2, 0.25) is 0 Å². The molecule has 0 radical (unpaired) electrons. The summed E-state index contributed by atoms with van der Waals surface area (Å²) >= 11 is 0. The predicted molar refractivity (Wildman–Crippen MR) is 153 cm³/mol. The molecule has 0 fully saturated rings. The van der Waals surface area contributed by atoms with E-state index in [9.17, 15) is 4.79 Å². The number of fused-ring (bicyclic) bond motifs is 1. The normalized spacial score (nSPS) is 11.3. The summed E-state index contributed by atoms with van der Waals surface area (Å²) < 4.78 is 2.46. The second-order valence-corrected chi connectivity index (χ2v) is 10.3. The fraction of sp³-hybridized carbons (Fsp3) is 0.562. The second-order valence-electron chi connectivity index (χ2n) is 10.3. The molecule has 0 atom stereocenters. The molecule has 4 heteroatoms. The van der Waals surface area contributed by atoms with Gasteiger partial charge in [-0.15, -0.1) is 0 Å². The van der Waals surface area contributed by atoms with Crippen molar-refractivity contribution in [2.45, 2.75) is 110 Å². The lowest BCUT2D eigenvalue weighted by molar-refractivity contribution is 0.0953. The van der Waals surface area contributed by atoms with Gasteiger partial charge in [0.15, 0.2) is 0 Å². The molecule has 0 aliphatic rings. The monoisotopic (exact) mass is 489 g/mol. The van der Waals surface area contributed by atoms with E-state index in [-0.39, 0.29) is 5.91 Å². The van der Waals surface area contributed by atoms with Crippen LogP contribution in [-0.4, -0.2) is 22.0 Å². The number of aromatic nitrogens is 2. The van der Waals surface area contributed by atoms with E-state index in [4.69, 9.17) is 4.98 Å². The Bertz CT molecular complexity index is 1020. The molecule has 3 rings (SSSR count). The number of rotatable bonds is 18. The molecular formula is C32H47N3O. The SMILES string of the molecule is CCCCCCCCCCCCn1c(CCCCCNC(=O)c2ccc(C)cc2)nc2ccccc21. The minimum atomic E-state index is 0.0216. The number of nitrogens with zero attached hydrogens (tertiary/aromatic N) is 2. The molecule has 4 nitrogen and oxygen atoms in total. The molecule has 0 saturated heterocycles. The highest BCUT2D eigenvalue weighted by atomic mass is 16.1. The summed E-state index contributed by atoms with van der Waals surface area (Å²) in [5.41, 5.74) is 4.30. The standard InChI is InChI=1S/C32H47N3O/c1-3-4-5-6-7-8-9-10-11-17-26-35-30-19-15-14-18-29(30)34-31(35)20-13-12-16-25-33-32(36)28-23-21-27(2)22-24-28/h14-15,18-19,21-24H,3-13,16-17,20,25-26H2,1-2H3,(H,33,36). The number of imidazole rings is 1. The first-order valence-electron chi connectivity index (χ1n) is 14.5. The molecule has 2 aromatic carbocycles. The van der Waals surface area contributed by atoms with Gasteiger partial charge in [0.2, 0.25) is 0 Å². The van der Waals surface area contributed by atoms with Gasteiger partial charge >= 0.3 is 0 Å². The maximum Gasteiger partial charge on any atom is 0.251 e. The van der Waals surface area contributed by atoms with Crippen LogP contribution in [0.15, 0.2) is 48.5 Å². The van der Waals surface area contributed by atoms with Crippen LogP contribution in [0, 0.1) is 6.92 Å². The lowest BCUT2D eigenvalue weighted by Gasteiger charge is -2.10. The van der Waals surface area contributed by atoms with E-state index in [0.29, 0.717) is 0 Å². The van der Waals surface area contributed by atoms with E-state index in [1.54, 1.807) is 0 Å². The zero-order valence-electron chi connectivity index (χ0n) is 22.7. The molecule has 0 aliphatic carbocycles. The maximum absolute atomic E-state index is 12.3. The van der Waals surface area contributed by atoms with Crippen molar-refractivity contribution >= 4 is 16.9 Å². The minimum Gasteiger partial charge on any atom is -0.352 e. The van der Waals surface area contributed by atoms with E-state index >= 15 is 0 Å². The van der Waals surface area contributed by atoms with Crippen molar-refractivity contribution in [3.05, 3.63) is 65.5 Å². The summed E-state index contributed by atoms with van der Waals surface area (Å²) in [6.07, 6.45) is 17.8. The molecule has 1 amide bonds. The largest absolute Gasteiger partial charge is 0.352 e. The molecule has 196 valence electrons. The number of hydrogen-bond donors (Lipinski definition) is 1. The zero-order chi connectivity index (χ0) is 25.4. The first-order chi connectivity index (χ1) is 17.7. The number of amides is 1. The summed E-state index contributed by atoms with van der Waals surface area (Å²) in [5.74, 6) is 1.24. The average molecular weight is 490 g/mol. The van der Waals surface area contributed by atoms with Crippen molar-refractivity contribution in [3.8, 4) is 0 Å². The Morgan fingerprint density at radius 1 is 0.778 bits per heavy atom. The summed E-state index contributed by atoms with van der Waals surface area (Å²) in [6, 6.07) is 16.3. The van der Waals surface area contributed by atoms with Gasteiger partial charge in [0, 0.05) is 25.1 Å². The molecule has 1 aromatic heterocycles. The number of unbranched alkanes of at least 4 members (excludes halogenated alkanes) is 11. The maximum atomic E-state index is 12.3. The van der Waals surface area contributed by atoms with Gasteiger partial charge in [-0.2, -0.15) is 0 Å². The Morgan fingerprint density at radius 2 is 1.42 bits per heavy atom. The molecule has 0 unspecified atom stereocenters. The van der Waals surface area contributed by atoms with Crippen LogP contribution < -0.4 is 5.32 Å². The quantitative estimate of drug-likeness (QED) is 0.182. The van der Waals surface area contributed by atoms with Gasteiger partial charge in [0.1, 0.15) is 5.82 Å². The van der Waals surface area contributed by atoms with E-state index in [0.717, 1.165) is 49.9 Å². The molecule has 0 spiro atoms. The Hall–Kier alpha value is -2.62. The topological polar surface area (TPSA) is 46.9 Å². The van der Waals surface area contributed by atoms with Crippen molar-refractivity contribution in [1.82, 2.24) is 14.9 Å². The van der Waals surface area contributed by atoms with Crippen LogP contribution in [-0.2, 0) is 13.0 Å². The summed E-state index contributed by atoms with van der Waals surface area (Å²) in [5, 5.41) is 3.05. The van der Waals surface area contributed by atoms with E-state index in [1.807, 2.05) is 31.2 Å². The molecule has 36 heavy (non-hydrogen) atoms. The zero-order valence-corrected chi connectivity index (χ0v) is 22.7.